The molecule has 7 heteroatoms. The maximum absolute atomic E-state index is 12.0. The van der Waals surface area contributed by atoms with Crippen molar-refractivity contribution in [3.63, 3.8) is 0 Å². The fraction of sp³-hybridized carbons (Fsp3) is 0.846. The number of nitrogens with one attached hydrogen (secondary N) is 3. The van der Waals surface area contributed by atoms with Gasteiger partial charge in [0.2, 0.25) is 0 Å². The molecule has 20 heavy (non-hydrogen) atoms. The van der Waals surface area contributed by atoms with Crippen molar-refractivity contribution in [3.05, 3.63) is 0 Å². The number of likely N-dealkylation sites (tertiary alicyclic amines) is 1. The summed E-state index contributed by atoms with van der Waals surface area (Å²) in [5.74, 6) is 0.521. The summed E-state index contributed by atoms with van der Waals surface area (Å²) in [6, 6.07) is -0.341. The first kappa shape index (κ1) is 15.5. The molecule has 3 aliphatic heterocycles. The van der Waals surface area contributed by atoms with Crippen LogP contribution < -0.4 is 16.0 Å². The number of urea groups is 1. The minimum atomic E-state index is -0.669. The molecule has 3 N–H and O–H groups in total. The number of hydrogen-bond donors (Lipinski definition) is 3. The zero-order valence-corrected chi connectivity index (χ0v) is 12.4. The average Bonchev–Trinajstić information content (AvgIpc) is 2.65. The van der Waals surface area contributed by atoms with Gasteiger partial charge in [0.25, 0.3) is 5.91 Å². The Hall–Kier alpha value is -0.850. The average molecular weight is 303 g/mol. The molecule has 0 aliphatic carbocycles. The molecule has 0 saturated carbocycles. The second-order valence-electron chi connectivity index (χ2n) is 6.04. The Bertz CT molecular complexity index is 387. The molecule has 3 amide bonds. The van der Waals surface area contributed by atoms with Crippen molar-refractivity contribution in [1.29, 1.82) is 0 Å². The molecule has 2 unspecified atom stereocenters. The van der Waals surface area contributed by atoms with Crippen LogP contribution >= 0.6 is 12.4 Å². The number of carbonyl (C=O) groups excluding carboxylic acids is 2. The van der Waals surface area contributed by atoms with Crippen LogP contribution in [0.15, 0.2) is 0 Å². The van der Waals surface area contributed by atoms with E-state index in [2.05, 4.69) is 20.9 Å². The summed E-state index contributed by atoms with van der Waals surface area (Å²) >= 11 is 0. The Kier molecular flexibility index (Phi) is 4.88. The van der Waals surface area contributed by atoms with Crippen LogP contribution in [-0.2, 0) is 4.79 Å². The number of imide groups is 1. The zero-order chi connectivity index (χ0) is 13.3. The van der Waals surface area contributed by atoms with Crippen LogP contribution in [0.5, 0.6) is 0 Å². The maximum atomic E-state index is 12.0. The van der Waals surface area contributed by atoms with Gasteiger partial charge in [0.1, 0.15) is 5.54 Å². The van der Waals surface area contributed by atoms with E-state index >= 15 is 0 Å². The molecule has 0 bridgehead atoms. The first-order valence-corrected chi connectivity index (χ1v) is 7.25. The van der Waals surface area contributed by atoms with Gasteiger partial charge in [-0.15, -0.1) is 12.4 Å². The standard InChI is InChI=1S/C13H22N4O2.ClH/c18-11-13(16-12(19)15-11)4-2-6-17(9-13)8-10-3-1-5-14-7-10;/h10,14H,1-9H2,(H2,15,16,18,19);1H. The van der Waals surface area contributed by atoms with Crippen molar-refractivity contribution in [1.82, 2.24) is 20.9 Å². The van der Waals surface area contributed by atoms with Crippen LogP contribution in [0.25, 0.3) is 0 Å². The minimum Gasteiger partial charge on any atom is -0.322 e. The summed E-state index contributed by atoms with van der Waals surface area (Å²) < 4.78 is 0. The second kappa shape index (κ2) is 6.28. The number of amides is 3. The molecule has 0 aromatic carbocycles. The first-order chi connectivity index (χ1) is 9.18. The van der Waals surface area contributed by atoms with Gasteiger partial charge in [0, 0.05) is 13.1 Å². The van der Waals surface area contributed by atoms with Gasteiger partial charge >= 0.3 is 6.03 Å². The van der Waals surface area contributed by atoms with E-state index in [4.69, 9.17) is 0 Å². The van der Waals surface area contributed by atoms with Gasteiger partial charge in [-0.3, -0.25) is 10.1 Å². The summed E-state index contributed by atoms with van der Waals surface area (Å²) in [5, 5.41) is 8.63. The summed E-state index contributed by atoms with van der Waals surface area (Å²) in [4.78, 5) is 25.7. The molecule has 3 rings (SSSR count). The summed E-state index contributed by atoms with van der Waals surface area (Å²) in [5.41, 5.74) is -0.669. The molecule has 0 aromatic rings. The third-order valence-corrected chi connectivity index (χ3v) is 4.50. The van der Waals surface area contributed by atoms with Gasteiger partial charge < -0.3 is 15.5 Å². The van der Waals surface area contributed by atoms with Crippen molar-refractivity contribution in [2.24, 2.45) is 5.92 Å². The molecule has 3 fully saturated rings. The molecule has 114 valence electrons. The largest absolute Gasteiger partial charge is 0.322 e. The summed E-state index contributed by atoms with van der Waals surface area (Å²) in [6.45, 7) is 4.90. The molecule has 3 saturated heterocycles. The molecular weight excluding hydrogens is 280 g/mol. The van der Waals surface area contributed by atoms with Crippen molar-refractivity contribution in [2.75, 3.05) is 32.7 Å². The van der Waals surface area contributed by atoms with Gasteiger partial charge in [-0.25, -0.2) is 4.79 Å². The Morgan fingerprint density at radius 1 is 1.30 bits per heavy atom. The summed E-state index contributed by atoms with van der Waals surface area (Å²) in [6.07, 6.45) is 4.22. The monoisotopic (exact) mass is 302 g/mol. The van der Waals surface area contributed by atoms with Crippen molar-refractivity contribution >= 4 is 24.3 Å². The molecular formula is C13H23ClN4O2. The predicted octanol–water partition coefficient (Wildman–Crippen LogP) is 0.0818. The number of halogens is 1. The first-order valence-electron chi connectivity index (χ1n) is 7.25. The highest BCUT2D eigenvalue weighted by Gasteiger charge is 2.48. The van der Waals surface area contributed by atoms with Crippen molar-refractivity contribution in [3.8, 4) is 0 Å². The highest BCUT2D eigenvalue weighted by molar-refractivity contribution is 6.07. The third kappa shape index (κ3) is 3.07. The summed E-state index contributed by atoms with van der Waals surface area (Å²) in [7, 11) is 0. The number of carbonyl (C=O) groups is 2. The lowest BCUT2D eigenvalue weighted by atomic mass is 9.88. The fourth-order valence-corrected chi connectivity index (χ4v) is 3.56. The van der Waals surface area contributed by atoms with Gasteiger partial charge in [-0.2, -0.15) is 0 Å². The lowest BCUT2D eigenvalue weighted by molar-refractivity contribution is -0.126. The number of rotatable bonds is 2. The van der Waals surface area contributed by atoms with Crippen LogP contribution in [0, 0.1) is 5.92 Å². The van der Waals surface area contributed by atoms with Crippen LogP contribution in [0.3, 0.4) is 0 Å². The van der Waals surface area contributed by atoms with Crippen LogP contribution in [0.2, 0.25) is 0 Å². The molecule has 0 radical (unpaired) electrons. The van der Waals surface area contributed by atoms with Crippen molar-refractivity contribution in [2.45, 2.75) is 31.2 Å². The zero-order valence-electron chi connectivity index (χ0n) is 11.6. The highest BCUT2D eigenvalue weighted by atomic mass is 35.5. The van der Waals surface area contributed by atoms with E-state index in [1.165, 1.54) is 12.8 Å². The van der Waals surface area contributed by atoms with E-state index in [1.54, 1.807) is 0 Å². The van der Waals surface area contributed by atoms with E-state index in [-0.39, 0.29) is 24.3 Å². The topological polar surface area (TPSA) is 73.5 Å². The Labute approximate surface area is 125 Å². The Morgan fingerprint density at radius 3 is 2.80 bits per heavy atom. The number of piperidine rings is 2. The van der Waals surface area contributed by atoms with Gasteiger partial charge in [0.15, 0.2) is 0 Å². The molecule has 1 spiro atoms. The Balaban J connectivity index is 0.00000147. The highest BCUT2D eigenvalue weighted by Crippen LogP contribution is 2.25. The maximum Gasteiger partial charge on any atom is 0.322 e. The van der Waals surface area contributed by atoms with E-state index in [0.717, 1.165) is 39.0 Å². The van der Waals surface area contributed by atoms with E-state index in [1.807, 2.05) is 0 Å². The molecule has 2 atom stereocenters. The lowest BCUT2D eigenvalue weighted by Gasteiger charge is -2.40. The number of hydrogen-bond acceptors (Lipinski definition) is 4. The van der Waals surface area contributed by atoms with E-state index in [9.17, 15) is 9.59 Å². The predicted molar refractivity (Wildman–Crippen MR) is 77.9 cm³/mol. The van der Waals surface area contributed by atoms with Crippen LogP contribution in [0.1, 0.15) is 25.7 Å². The molecule has 3 heterocycles. The molecule has 0 aromatic heterocycles. The fourth-order valence-electron chi connectivity index (χ4n) is 3.56. The molecule has 3 aliphatic rings. The number of nitrogens with zero attached hydrogens (tertiary/aromatic N) is 1. The Morgan fingerprint density at radius 2 is 2.15 bits per heavy atom. The van der Waals surface area contributed by atoms with Crippen molar-refractivity contribution < 1.29 is 9.59 Å². The molecule has 6 nitrogen and oxygen atoms in total. The smallest absolute Gasteiger partial charge is 0.322 e. The lowest BCUT2D eigenvalue weighted by Crippen LogP contribution is -2.59. The van der Waals surface area contributed by atoms with E-state index in [0.29, 0.717) is 12.5 Å². The van der Waals surface area contributed by atoms with Crippen LogP contribution in [-0.4, -0.2) is 55.1 Å². The SMILES string of the molecule is Cl.O=C1NC(=O)C2(CCCN(CC3CCCNC3)C2)N1. The van der Waals surface area contributed by atoms with Crippen LogP contribution in [0.4, 0.5) is 4.79 Å². The van der Waals surface area contributed by atoms with Gasteiger partial charge in [0.05, 0.1) is 0 Å². The van der Waals surface area contributed by atoms with Gasteiger partial charge in [-0.1, -0.05) is 0 Å². The normalized spacial score (nSPS) is 34.5. The minimum absolute atomic E-state index is 0. The third-order valence-electron chi connectivity index (χ3n) is 4.50. The van der Waals surface area contributed by atoms with Gasteiger partial charge in [-0.05, 0) is 51.2 Å². The second-order valence-corrected chi connectivity index (χ2v) is 6.04. The quantitative estimate of drug-likeness (QED) is 0.632. The van der Waals surface area contributed by atoms with E-state index < -0.39 is 5.54 Å².